The van der Waals surface area contributed by atoms with Crippen molar-refractivity contribution in [1.29, 1.82) is 0 Å². The minimum Gasteiger partial charge on any atom is -0.312 e. The van der Waals surface area contributed by atoms with Crippen LogP contribution in [0.15, 0.2) is 23.1 Å². The highest BCUT2D eigenvalue weighted by Crippen LogP contribution is 2.24. The highest BCUT2D eigenvalue weighted by atomic mass is 32.2. The van der Waals surface area contributed by atoms with E-state index in [1.54, 1.807) is 6.07 Å². The summed E-state index contributed by atoms with van der Waals surface area (Å²) in [5, 5.41) is 3.41. The van der Waals surface area contributed by atoms with Gasteiger partial charge in [0.15, 0.2) is 0 Å². The molecule has 1 heterocycles. The maximum Gasteiger partial charge on any atom is 0.240 e. The summed E-state index contributed by atoms with van der Waals surface area (Å²) < 4.78 is 27.7. The molecule has 21 heavy (non-hydrogen) atoms. The molecule has 0 spiro atoms. The van der Waals surface area contributed by atoms with Crippen LogP contribution in [0.2, 0.25) is 0 Å². The number of benzene rings is 1. The number of aryl methyl sites for hydroxylation is 2. The zero-order valence-electron chi connectivity index (χ0n) is 12.6. The van der Waals surface area contributed by atoms with Crippen molar-refractivity contribution in [3.8, 4) is 0 Å². The Kier molecular flexibility index (Phi) is 4.33. The van der Waals surface area contributed by atoms with E-state index in [4.69, 9.17) is 0 Å². The van der Waals surface area contributed by atoms with Crippen LogP contribution in [-0.4, -0.2) is 27.5 Å². The maximum atomic E-state index is 12.4. The third kappa shape index (κ3) is 3.30. The molecule has 0 amide bonds. The highest BCUT2D eigenvalue weighted by Gasteiger charge is 2.24. The monoisotopic (exact) mass is 308 g/mol. The van der Waals surface area contributed by atoms with Gasteiger partial charge in [-0.2, -0.15) is 0 Å². The van der Waals surface area contributed by atoms with Gasteiger partial charge in [-0.3, -0.25) is 0 Å². The number of piperidine rings is 1. The first-order valence-electron chi connectivity index (χ1n) is 7.91. The fraction of sp³-hybridized carbons (Fsp3) is 0.625. The Morgan fingerprint density at radius 3 is 2.86 bits per heavy atom. The Bertz CT molecular complexity index is 613. The van der Waals surface area contributed by atoms with Crippen molar-refractivity contribution in [2.24, 2.45) is 5.92 Å². The lowest BCUT2D eigenvalue weighted by Crippen LogP contribution is -2.47. The Balaban J connectivity index is 1.69. The van der Waals surface area contributed by atoms with Crippen LogP contribution in [-0.2, 0) is 22.9 Å². The van der Waals surface area contributed by atoms with Gasteiger partial charge in [-0.1, -0.05) is 13.0 Å². The van der Waals surface area contributed by atoms with Gasteiger partial charge in [-0.25, -0.2) is 13.1 Å². The van der Waals surface area contributed by atoms with Gasteiger partial charge in [0, 0.05) is 12.6 Å². The van der Waals surface area contributed by atoms with Crippen LogP contribution in [0.25, 0.3) is 0 Å². The molecule has 0 saturated carbocycles. The number of sulfonamides is 1. The van der Waals surface area contributed by atoms with Crippen molar-refractivity contribution in [3.05, 3.63) is 29.3 Å². The molecule has 1 saturated heterocycles. The van der Waals surface area contributed by atoms with Crippen LogP contribution >= 0.6 is 0 Å². The lowest BCUT2D eigenvalue weighted by Gasteiger charge is -2.30. The van der Waals surface area contributed by atoms with E-state index in [2.05, 4.69) is 17.0 Å². The smallest absolute Gasteiger partial charge is 0.240 e. The summed E-state index contributed by atoms with van der Waals surface area (Å²) in [6, 6.07) is 5.80. The first kappa shape index (κ1) is 15.0. The van der Waals surface area contributed by atoms with Gasteiger partial charge in [0.2, 0.25) is 10.0 Å². The van der Waals surface area contributed by atoms with Crippen molar-refractivity contribution in [1.82, 2.24) is 10.0 Å². The van der Waals surface area contributed by atoms with Gasteiger partial charge < -0.3 is 5.32 Å². The van der Waals surface area contributed by atoms with Crippen molar-refractivity contribution < 1.29 is 8.42 Å². The Labute approximate surface area is 127 Å². The number of hydrogen-bond acceptors (Lipinski definition) is 3. The summed E-state index contributed by atoms with van der Waals surface area (Å²) in [5.74, 6) is 0.515. The number of rotatable bonds is 4. The van der Waals surface area contributed by atoms with E-state index in [1.165, 1.54) is 17.5 Å². The maximum absolute atomic E-state index is 12.4. The standard InChI is InChI=1S/C16H24N2O2S/c1-12-4-3-9-17-16(12)11-18-21(19,20)15-8-7-13-5-2-6-14(13)10-15/h7-8,10,12,16-18H,2-6,9,11H2,1H3. The van der Waals surface area contributed by atoms with Crippen molar-refractivity contribution in [2.45, 2.75) is 50.0 Å². The highest BCUT2D eigenvalue weighted by molar-refractivity contribution is 7.89. The van der Waals surface area contributed by atoms with Crippen LogP contribution in [0.3, 0.4) is 0 Å². The minimum atomic E-state index is -3.39. The molecule has 116 valence electrons. The van der Waals surface area contributed by atoms with Crippen LogP contribution < -0.4 is 10.0 Å². The molecule has 0 bridgehead atoms. The van der Waals surface area contributed by atoms with Crippen molar-refractivity contribution >= 4 is 10.0 Å². The average molecular weight is 308 g/mol. The predicted octanol–water partition coefficient (Wildman–Crippen LogP) is 1.84. The number of fused-ring (bicyclic) bond motifs is 1. The molecule has 2 atom stereocenters. The van der Waals surface area contributed by atoms with Gasteiger partial charge in [0.25, 0.3) is 0 Å². The minimum absolute atomic E-state index is 0.239. The van der Waals surface area contributed by atoms with Crippen LogP contribution in [0.5, 0.6) is 0 Å². The van der Waals surface area contributed by atoms with Gasteiger partial charge >= 0.3 is 0 Å². The zero-order valence-corrected chi connectivity index (χ0v) is 13.4. The van der Waals surface area contributed by atoms with E-state index in [1.807, 2.05) is 12.1 Å². The molecular formula is C16H24N2O2S. The lowest BCUT2D eigenvalue weighted by molar-refractivity contribution is 0.300. The second-order valence-electron chi connectivity index (χ2n) is 6.32. The fourth-order valence-corrected chi connectivity index (χ4v) is 4.50. The van der Waals surface area contributed by atoms with E-state index in [0.29, 0.717) is 17.4 Å². The van der Waals surface area contributed by atoms with Gasteiger partial charge in [-0.15, -0.1) is 0 Å². The van der Waals surface area contributed by atoms with E-state index >= 15 is 0 Å². The molecule has 0 radical (unpaired) electrons. The molecule has 2 aliphatic rings. The van der Waals surface area contributed by atoms with Gasteiger partial charge in [-0.05, 0) is 67.8 Å². The molecule has 1 aliphatic carbocycles. The Morgan fingerprint density at radius 1 is 1.24 bits per heavy atom. The number of nitrogens with one attached hydrogen (secondary N) is 2. The SMILES string of the molecule is CC1CCCNC1CNS(=O)(=O)c1ccc2c(c1)CCC2. The predicted molar refractivity (Wildman–Crippen MR) is 83.8 cm³/mol. The summed E-state index contributed by atoms with van der Waals surface area (Å²) in [6.07, 6.45) is 5.55. The summed E-state index contributed by atoms with van der Waals surface area (Å²) in [5.41, 5.74) is 2.50. The lowest BCUT2D eigenvalue weighted by atomic mass is 9.93. The van der Waals surface area contributed by atoms with E-state index in [-0.39, 0.29) is 6.04 Å². The molecule has 1 aliphatic heterocycles. The molecule has 2 N–H and O–H groups in total. The van der Waals surface area contributed by atoms with E-state index in [0.717, 1.165) is 32.2 Å². The average Bonchev–Trinajstić information content (AvgIpc) is 2.94. The van der Waals surface area contributed by atoms with E-state index < -0.39 is 10.0 Å². The molecule has 2 unspecified atom stereocenters. The first-order chi connectivity index (χ1) is 10.1. The second kappa shape index (κ2) is 6.07. The molecule has 4 nitrogen and oxygen atoms in total. The molecule has 0 aromatic heterocycles. The van der Waals surface area contributed by atoms with Crippen molar-refractivity contribution in [3.63, 3.8) is 0 Å². The van der Waals surface area contributed by atoms with Gasteiger partial charge in [0.1, 0.15) is 0 Å². The normalized spacial score (nSPS) is 25.8. The van der Waals surface area contributed by atoms with Gasteiger partial charge in [0.05, 0.1) is 4.90 Å². The largest absolute Gasteiger partial charge is 0.312 e. The summed E-state index contributed by atoms with van der Waals surface area (Å²) in [7, 11) is -3.39. The molecule has 1 aromatic carbocycles. The molecule has 1 fully saturated rings. The summed E-state index contributed by atoms with van der Waals surface area (Å²) in [4.78, 5) is 0.409. The van der Waals surface area contributed by atoms with E-state index in [9.17, 15) is 8.42 Å². The van der Waals surface area contributed by atoms with Crippen LogP contribution in [0.1, 0.15) is 37.3 Å². The fourth-order valence-electron chi connectivity index (χ4n) is 3.39. The third-order valence-electron chi connectivity index (χ3n) is 4.80. The third-order valence-corrected chi connectivity index (χ3v) is 6.22. The molecule has 1 aromatic rings. The topological polar surface area (TPSA) is 58.2 Å². The summed E-state index contributed by atoms with van der Waals surface area (Å²) in [6.45, 7) is 3.64. The quantitative estimate of drug-likeness (QED) is 0.892. The molecular weight excluding hydrogens is 284 g/mol. The first-order valence-corrected chi connectivity index (χ1v) is 9.39. The van der Waals surface area contributed by atoms with Crippen molar-refractivity contribution in [2.75, 3.05) is 13.1 Å². The number of hydrogen-bond donors (Lipinski definition) is 2. The zero-order chi connectivity index (χ0) is 14.9. The summed E-state index contributed by atoms with van der Waals surface area (Å²) >= 11 is 0. The Hall–Kier alpha value is -0.910. The van der Waals surface area contributed by atoms with Crippen LogP contribution in [0.4, 0.5) is 0 Å². The van der Waals surface area contributed by atoms with Crippen LogP contribution in [0, 0.1) is 5.92 Å². The second-order valence-corrected chi connectivity index (χ2v) is 8.08. The molecule has 5 heteroatoms. The molecule has 3 rings (SSSR count). The Morgan fingerprint density at radius 2 is 2.05 bits per heavy atom.